The van der Waals surface area contributed by atoms with Crippen LogP contribution in [0.3, 0.4) is 0 Å². The third-order valence-electron chi connectivity index (χ3n) is 1.96. The summed E-state index contributed by atoms with van der Waals surface area (Å²) in [6.45, 7) is 0. The van der Waals surface area contributed by atoms with Gasteiger partial charge in [-0.1, -0.05) is 12.1 Å². The van der Waals surface area contributed by atoms with E-state index >= 15 is 0 Å². The number of benzene rings is 2. The number of phenols is 1. The molecule has 0 aromatic heterocycles. The Morgan fingerprint density at radius 1 is 0.933 bits per heavy atom. The van der Waals surface area contributed by atoms with Crippen molar-refractivity contribution < 1.29 is 9.50 Å². The molecular formula is C12H10FNO. The summed E-state index contributed by atoms with van der Waals surface area (Å²) in [4.78, 5) is 0. The fraction of sp³-hybridized carbons (Fsp3) is 0. The molecule has 0 heterocycles. The van der Waals surface area contributed by atoms with Crippen molar-refractivity contribution in [3.63, 3.8) is 0 Å². The molecule has 0 unspecified atom stereocenters. The van der Waals surface area contributed by atoms with E-state index in [0.29, 0.717) is 5.69 Å². The fourth-order valence-corrected chi connectivity index (χ4v) is 1.32. The van der Waals surface area contributed by atoms with Gasteiger partial charge in [0.2, 0.25) is 0 Å². The number of halogens is 1. The van der Waals surface area contributed by atoms with Crippen LogP contribution in [0, 0.1) is 5.82 Å². The Morgan fingerprint density at radius 2 is 1.60 bits per heavy atom. The van der Waals surface area contributed by atoms with Crippen LogP contribution in [0.1, 0.15) is 0 Å². The van der Waals surface area contributed by atoms with Crippen molar-refractivity contribution in [2.45, 2.75) is 0 Å². The van der Waals surface area contributed by atoms with Gasteiger partial charge in [0.05, 0.1) is 0 Å². The molecule has 0 fully saturated rings. The molecule has 15 heavy (non-hydrogen) atoms. The molecule has 0 amide bonds. The van der Waals surface area contributed by atoms with Crippen molar-refractivity contribution in [3.05, 3.63) is 54.3 Å². The van der Waals surface area contributed by atoms with E-state index in [0.717, 1.165) is 5.69 Å². The van der Waals surface area contributed by atoms with Gasteiger partial charge in [-0.25, -0.2) is 4.39 Å². The van der Waals surface area contributed by atoms with Crippen molar-refractivity contribution in [2.24, 2.45) is 0 Å². The van der Waals surface area contributed by atoms with Crippen LogP contribution in [-0.4, -0.2) is 5.11 Å². The molecule has 0 saturated carbocycles. The fourth-order valence-electron chi connectivity index (χ4n) is 1.32. The van der Waals surface area contributed by atoms with E-state index in [2.05, 4.69) is 5.32 Å². The molecule has 76 valence electrons. The zero-order chi connectivity index (χ0) is 10.7. The predicted molar refractivity (Wildman–Crippen MR) is 57.8 cm³/mol. The second kappa shape index (κ2) is 4.00. The molecule has 0 radical (unpaired) electrons. The summed E-state index contributed by atoms with van der Waals surface area (Å²) in [5.74, 6) is -0.114. The largest absolute Gasteiger partial charge is 0.508 e. The Morgan fingerprint density at radius 3 is 2.27 bits per heavy atom. The highest BCUT2D eigenvalue weighted by Gasteiger charge is 1.96. The molecule has 2 nitrogen and oxygen atoms in total. The van der Waals surface area contributed by atoms with Gasteiger partial charge in [-0.3, -0.25) is 0 Å². The normalized spacial score (nSPS) is 9.93. The number of anilines is 2. The molecule has 2 N–H and O–H groups in total. The zero-order valence-corrected chi connectivity index (χ0v) is 7.94. The van der Waals surface area contributed by atoms with Crippen molar-refractivity contribution in [1.29, 1.82) is 0 Å². The zero-order valence-electron chi connectivity index (χ0n) is 7.94. The van der Waals surface area contributed by atoms with Gasteiger partial charge in [0.1, 0.15) is 11.6 Å². The van der Waals surface area contributed by atoms with E-state index in [1.54, 1.807) is 36.4 Å². The predicted octanol–water partition coefficient (Wildman–Crippen LogP) is 3.27. The van der Waals surface area contributed by atoms with Gasteiger partial charge in [0, 0.05) is 17.4 Å². The average Bonchev–Trinajstić information content (AvgIpc) is 2.17. The van der Waals surface area contributed by atoms with Gasteiger partial charge in [-0.2, -0.15) is 0 Å². The van der Waals surface area contributed by atoms with Gasteiger partial charge < -0.3 is 10.4 Å². The van der Waals surface area contributed by atoms with Gasteiger partial charge in [-0.05, 0) is 30.3 Å². The lowest BCUT2D eigenvalue weighted by atomic mass is 10.2. The lowest BCUT2D eigenvalue weighted by Gasteiger charge is -2.06. The molecule has 2 aromatic carbocycles. The number of phenolic OH excluding ortho intramolecular Hbond substituents is 1. The molecule has 0 aliphatic heterocycles. The van der Waals surface area contributed by atoms with Crippen LogP contribution in [0.25, 0.3) is 0 Å². The number of hydrogen-bond acceptors (Lipinski definition) is 2. The Labute approximate surface area is 87.0 Å². The molecule has 0 saturated heterocycles. The lowest BCUT2D eigenvalue weighted by Crippen LogP contribution is -1.89. The first-order valence-electron chi connectivity index (χ1n) is 4.56. The number of hydrogen-bond donors (Lipinski definition) is 2. The summed E-state index contributed by atoms with van der Waals surface area (Å²) in [5.41, 5.74) is 1.38. The van der Waals surface area contributed by atoms with Crippen LogP contribution in [0.5, 0.6) is 5.75 Å². The summed E-state index contributed by atoms with van der Waals surface area (Å²) < 4.78 is 12.9. The number of rotatable bonds is 2. The molecule has 0 aliphatic rings. The van der Waals surface area contributed by atoms with Crippen LogP contribution < -0.4 is 5.32 Å². The summed E-state index contributed by atoms with van der Waals surface area (Å²) in [6, 6.07) is 12.8. The highest BCUT2D eigenvalue weighted by Crippen LogP contribution is 2.20. The molecule has 3 heteroatoms. The first kappa shape index (κ1) is 9.52. The molecule has 2 rings (SSSR count). The van der Waals surface area contributed by atoms with Crippen LogP contribution in [-0.2, 0) is 0 Å². The maximum Gasteiger partial charge on any atom is 0.125 e. The van der Waals surface area contributed by atoms with E-state index < -0.39 is 0 Å². The van der Waals surface area contributed by atoms with E-state index in [1.165, 1.54) is 12.1 Å². The topological polar surface area (TPSA) is 32.3 Å². The molecule has 2 aromatic rings. The quantitative estimate of drug-likeness (QED) is 0.785. The van der Waals surface area contributed by atoms with Crippen molar-refractivity contribution >= 4 is 11.4 Å². The van der Waals surface area contributed by atoms with Crippen molar-refractivity contribution in [3.8, 4) is 5.75 Å². The van der Waals surface area contributed by atoms with Gasteiger partial charge in [0.15, 0.2) is 0 Å². The van der Waals surface area contributed by atoms with Crippen LogP contribution in [0.15, 0.2) is 48.5 Å². The first-order chi connectivity index (χ1) is 7.24. The minimum atomic E-state index is -0.292. The minimum Gasteiger partial charge on any atom is -0.508 e. The Hall–Kier alpha value is -2.03. The second-order valence-electron chi connectivity index (χ2n) is 3.19. The van der Waals surface area contributed by atoms with Gasteiger partial charge in [-0.15, -0.1) is 0 Å². The summed E-state index contributed by atoms with van der Waals surface area (Å²) in [6.07, 6.45) is 0. The SMILES string of the molecule is Oc1cccc(Nc2cccc(F)c2)c1. The monoisotopic (exact) mass is 203 g/mol. The number of nitrogens with one attached hydrogen (secondary N) is 1. The van der Waals surface area contributed by atoms with Crippen molar-refractivity contribution in [2.75, 3.05) is 5.32 Å². The van der Waals surface area contributed by atoms with E-state index in [1.807, 2.05) is 0 Å². The van der Waals surface area contributed by atoms with Gasteiger partial charge in [0.25, 0.3) is 0 Å². The molecule has 0 bridgehead atoms. The van der Waals surface area contributed by atoms with Crippen LogP contribution in [0.2, 0.25) is 0 Å². The van der Waals surface area contributed by atoms with Crippen LogP contribution >= 0.6 is 0 Å². The first-order valence-corrected chi connectivity index (χ1v) is 4.56. The molecule has 0 atom stereocenters. The highest BCUT2D eigenvalue weighted by molar-refractivity contribution is 5.60. The smallest absolute Gasteiger partial charge is 0.125 e. The second-order valence-corrected chi connectivity index (χ2v) is 3.19. The highest BCUT2D eigenvalue weighted by atomic mass is 19.1. The van der Waals surface area contributed by atoms with Crippen molar-refractivity contribution in [1.82, 2.24) is 0 Å². The van der Waals surface area contributed by atoms with Gasteiger partial charge >= 0.3 is 0 Å². The Bertz CT molecular complexity index is 427. The lowest BCUT2D eigenvalue weighted by molar-refractivity contribution is 0.475. The Kier molecular flexibility index (Phi) is 2.54. The maximum absolute atomic E-state index is 12.9. The van der Waals surface area contributed by atoms with E-state index in [4.69, 9.17) is 0 Å². The minimum absolute atomic E-state index is 0.177. The van der Waals surface area contributed by atoms with E-state index in [9.17, 15) is 9.50 Å². The Balaban J connectivity index is 2.22. The standard InChI is InChI=1S/C12H10FNO/c13-9-3-1-4-10(7-9)14-11-5-2-6-12(15)8-11/h1-8,14-15H. The third kappa shape index (κ3) is 2.47. The molecule has 0 spiro atoms. The maximum atomic E-state index is 12.9. The van der Waals surface area contributed by atoms with Crippen LogP contribution in [0.4, 0.5) is 15.8 Å². The van der Waals surface area contributed by atoms with E-state index in [-0.39, 0.29) is 11.6 Å². The number of aromatic hydroxyl groups is 1. The molecule has 0 aliphatic carbocycles. The summed E-state index contributed by atoms with van der Waals surface area (Å²) in [5, 5.41) is 12.2. The summed E-state index contributed by atoms with van der Waals surface area (Å²) in [7, 11) is 0. The molecular weight excluding hydrogens is 193 g/mol. The average molecular weight is 203 g/mol. The third-order valence-corrected chi connectivity index (χ3v) is 1.96. The summed E-state index contributed by atoms with van der Waals surface area (Å²) >= 11 is 0.